The molecule has 1 aliphatic rings. The van der Waals surface area contributed by atoms with Crippen LogP contribution >= 0.6 is 0 Å². The van der Waals surface area contributed by atoms with Gasteiger partial charge in [-0.25, -0.2) is 4.79 Å². The van der Waals surface area contributed by atoms with Gasteiger partial charge in [0.05, 0.1) is 12.2 Å². The molecule has 14 heavy (non-hydrogen) atoms. The van der Waals surface area contributed by atoms with E-state index in [0.29, 0.717) is 17.9 Å². The van der Waals surface area contributed by atoms with Gasteiger partial charge < -0.3 is 9.47 Å². The van der Waals surface area contributed by atoms with Crippen molar-refractivity contribution in [3.63, 3.8) is 0 Å². The quantitative estimate of drug-likeness (QED) is 0.635. The molecule has 0 aromatic heterocycles. The van der Waals surface area contributed by atoms with Crippen molar-refractivity contribution in [1.82, 2.24) is 0 Å². The third-order valence-corrected chi connectivity index (χ3v) is 1.96. The maximum Gasteiger partial charge on any atom is 0.339 e. The fraction of sp³-hybridized carbons (Fsp3) is 0.545. The van der Waals surface area contributed by atoms with Crippen LogP contribution in [0, 0.1) is 0 Å². The van der Waals surface area contributed by atoms with Gasteiger partial charge in [0, 0.05) is 11.1 Å². The van der Waals surface area contributed by atoms with Crippen molar-refractivity contribution in [3.8, 4) is 0 Å². The van der Waals surface area contributed by atoms with E-state index in [1.807, 2.05) is 20.8 Å². The second-order valence-corrected chi connectivity index (χ2v) is 4.32. The third-order valence-electron chi connectivity index (χ3n) is 1.96. The van der Waals surface area contributed by atoms with Crippen LogP contribution in [0.4, 0.5) is 0 Å². The fourth-order valence-electron chi connectivity index (χ4n) is 1.06. The summed E-state index contributed by atoms with van der Waals surface area (Å²) in [6.07, 6.45) is 0. The van der Waals surface area contributed by atoms with E-state index in [1.165, 1.54) is 0 Å². The van der Waals surface area contributed by atoms with Gasteiger partial charge in [-0.3, -0.25) is 0 Å². The van der Waals surface area contributed by atoms with E-state index in [4.69, 9.17) is 9.47 Å². The summed E-state index contributed by atoms with van der Waals surface area (Å²) in [4.78, 5) is 11.1. The summed E-state index contributed by atoms with van der Waals surface area (Å²) in [5.41, 5.74) is 1.14. The van der Waals surface area contributed by atoms with Crippen LogP contribution in [0.25, 0.3) is 0 Å². The van der Waals surface area contributed by atoms with E-state index in [9.17, 15) is 4.79 Å². The highest BCUT2D eigenvalue weighted by atomic mass is 16.5. The second kappa shape index (κ2) is 3.58. The molecule has 0 aliphatic carbocycles. The normalized spacial score (nSPS) is 17.7. The lowest BCUT2D eigenvalue weighted by molar-refractivity contribution is -0.133. The molecule has 0 fully saturated rings. The molecule has 0 saturated heterocycles. The topological polar surface area (TPSA) is 35.5 Å². The monoisotopic (exact) mass is 196 g/mol. The summed E-state index contributed by atoms with van der Waals surface area (Å²) in [5, 5.41) is 0. The van der Waals surface area contributed by atoms with Gasteiger partial charge in [0.2, 0.25) is 0 Å². The van der Waals surface area contributed by atoms with Gasteiger partial charge >= 0.3 is 5.97 Å². The number of hydrogen-bond acceptors (Lipinski definition) is 3. The molecule has 3 nitrogen and oxygen atoms in total. The van der Waals surface area contributed by atoms with E-state index in [2.05, 4.69) is 6.58 Å². The van der Waals surface area contributed by atoms with Gasteiger partial charge in [0.1, 0.15) is 5.76 Å². The molecule has 0 atom stereocenters. The van der Waals surface area contributed by atoms with Crippen molar-refractivity contribution >= 4 is 5.97 Å². The molecule has 0 radical (unpaired) electrons. The van der Waals surface area contributed by atoms with Crippen LogP contribution in [-0.2, 0) is 14.3 Å². The van der Waals surface area contributed by atoms with Crippen LogP contribution in [0.1, 0.15) is 27.7 Å². The zero-order chi connectivity index (χ0) is 10.9. The van der Waals surface area contributed by atoms with E-state index in [-0.39, 0.29) is 11.6 Å². The standard InChI is InChI=1S/C11H16O3/c1-7-9(6-13-11(3,4)5)8(2)14-10(7)12/h2,6H2,1,3-5H3. The van der Waals surface area contributed by atoms with Gasteiger partial charge in [-0.15, -0.1) is 0 Å². The Hall–Kier alpha value is -1.09. The minimum absolute atomic E-state index is 0.223. The Labute approximate surface area is 84.4 Å². The predicted molar refractivity (Wildman–Crippen MR) is 53.6 cm³/mol. The molecule has 1 aliphatic heterocycles. The highest BCUT2D eigenvalue weighted by Crippen LogP contribution is 2.25. The largest absolute Gasteiger partial charge is 0.423 e. The minimum Gasteiger partial charge on any atom is -0.423 e. The van der Waals surface area contributed by atoms with Crippen LogP contribution in [0.15, 0.2) is 23.5 Å². The van der Waals surface area contributed by atoms with Crippen molar-refractivity contribution in [3.05, 3.63) is 23.5 Å². The predicted octanol–water partition coefficient (Wildman–Crippen LogP) is 2.19. The van der Waals surface area contributed by atoms with Crippen LogP contribution in [0.5, 0.6) is 0 Å². The van der Waals surface area contributed by atoms with E-state index in [0.717, 1.165) is 5.57 Å². The molecule has 78 valence electrons. The summed E-state index contributed by atoms with van der Waals surface area (Å²) in [6, 6.07) is 0. The number of hydrogen-bond donors (Lipinski definition) is 0. The average molecular weight is 196 g/mol. The lowest BCUT2D eigenvalue weighted by Gasteiger charge is -2.19. The smallest absolute Gasteiger partial charge is 0.339 e. The lowest BCUT2D eigenvalue weighted by Crippen LogP contribution is -2.20. The minimum atomic E-state index is -0.317. The molecular formula is C11H16O3. The van der Waals surface area contributed by atoms with Gasteiger partial charge in [-0.05, 0) is 27.7 Å². The van der Waals surface area contributed by atoms with Crippen LogP contribution in [-0.4, -0.2) is 18.2 Å². The average Bonchev–Trinajstić information content (AvgIpc) is 2.23. The number of carbonyl (C=O) groups is 1. The molecule has 3 heteroatoms. The molecule has 1 heterocycles. The van der Waals surface area contributed by atoms with Crippen molar-refractivity contribution in [1.29, 1.82) is 0 Å². The summed E-state index contributed by atoms with van der Waals surface area (Å²) in [6.45, 7) is 11.6. The third kappa shape index (κ3) is 2.45. The van der Waals surface area contributed by atoms with Crippen molar-refractivity contribution in [2.45, 2.75) is 33.3 Å². The number of ether oxygens (including phenoxy) is 2. The van der Waals surface area contributed by atoms with E-state index in [1.54, 1.807) is 6.92 Å². The molecule has 0 amide bonds. The highest BCUT2D eigenvalue weighted by molar-refractivity contribution is 5.93. The molecule has 0 aromatic carbocycles. The molecule has 0 N–H and O–H groups in total. The number of rotatable bonds is 2. The first-order chi connectivity index (χ1) is 6.31. The molecule has 0 aromatic rings. The van der Waals surface area contributed by atoms with Gasteiger partial charge in [-0.1, -0.05) is 6.58 Å². The summed E-state index contributed by atoms with van der Waals surface area (Å²) < 4.78 is 10.4. The Kier molecular flexibility index (Phi) is 2.81. The summed E-state index contributed by atoms with van der Waals surface area (Å²) in [5.74, 6) is 0.0965. The Morgan fingerprint density at radius 2 is 2.00 bits per heavy atom. The number of carbonyl (C=O) groups excluding carboxylic acids is 1. The van der Waals surface area contributed by atoms with Crippen molar-refractivity contribution in [2.24, 2.45) is 0 Å². The second-order valence-electron chi connectivity index (χ2n) is 4.32. The maximum absolute atomic E-state index is 11.1. The first kappa shape index (κ1) is 11.0. The van der Waals surface area contributed by atoms with Gasteiger partial charge in [-0.2, -0.15) is 0 Å². The van der Waals surface area contributed by atoms with E-state index < -0.39 is 0 Å². The van der Waals surface area contributed by atoms with Gasteiger partial charge in [0.15, 0.2) is 0 Å². The van der Waals surface area contributed by atoms with E-state index >= 15 is 0 Å². The summed E-state index contributed by atoms with van der Waals surface area (Å²) >= 11 is 0. The Morgan fingerprint density at radius 1 is 1.43 bits per heavy atom. The molecule has 0 bridgehead atoms. The Morgan fingerprint density at radius 3 is 2.36 bits per heavy atom. The van der Waals surface area contributed by atoms with Gasteiger partial charge in [0.25, 0.3) is 0 Å². The highest BCUT2D eigenvalue weighted by Gasteiger charge is 2.26. The lowest BCUT2D eigenvalue weighted by atomic mass is 10.1. The molecular weight excluding hydrogens is 180 g/mol. The zero-order valence-electron chi connectivity index (χ0n) is 9.14. The molecule has 0 saturated carbocycles. The van der Waals surface area contributed by atoms with Crippen molar-refractivity contribution < 1.29 is 14.3 Å². The van der Waals surface area contributed by atoms with Crippen molar-refractivity contribution in [2.75, 3.05) is 6.61 Å². The SMILES string of the molecule is C=C1OC(=O)C(C)=C1COC(C)(C)C. The summed E-state index contributed by atoms with van der Waals surface area (Å²) in [7, 11) is 0. The zero-order valence-corrected chi connectivity index (χ0v) is 9.14. The molecule has 1 rings (SSSR count). The number of esters is 1. The first-order valence-corrected chi connectivity index (χ1v) is 4.56. The Balaban J connectivity index is 2.69. The van der Waals surface area contributed by atoms with Crippen LogP contribution in [0.3, 0.4) is 0 Å². The van der Waals surface area contributed by atoms with Crippen LogP contribution in [0.2, 0.25) is 0 Å². The maximum atomic E-state index is 11.1. The molecule has 0 spiro atoms. The first-order valence-electron chi connectivity index (χ1n) is 4.56. The number of cyclic esters (lactones) is 1. The Bertz CT molecular complexity index is 305. The molecule has 0 unspecified atom stereocenters. The van der Waals surface area contributed by atoms with Crippen LogP contribution < -0.4 is 0 Å². The fourth-order valence-corrected chi connectivity index (χ4v) is 1.06.